The van der Waals surface area contributed by atoms with Gasteiger partial charge in [0, 0.05) is 23.7 Å². The summed E-state index contributed by atoms with van der Waals surface area (Å²) < 4.78 is 29.3. The van der Waals surface area contributed by atoms with E-state index in [2.05, 4.69) is 31.5 Å². The maximum atomic E-state index is 13.6. The van der Waals surface area contributed by atoms with Crippen LogP contribution in [0.3, 0.4) is 0 Å². The van der Waals surface area contributed by atoms with E-state index in [9.17, 15) is 13.2 Å². The van der Waals surface area contributed by atoms with Gasteiger partial charge in [-0.05, 0) is 79.7 Å². The van der Waals surface area contributed by atoms with E-state index < -0.39 is 16.1 Å². The molecule has 10 heteroatoms. The van der Waals surface area contributed by atoms with Gasteiger partial charge in [-0.3, -0.25) is 0 Å². The summed E-state index contributed by atoms with van der Waals surface area (Å²) in [6, 6.07) is 8.70. The van der Waals surface area contributed by atoms with Crippen LogP contribution in [0.5, 0.6) is 0 Å². The van der Waals surface area contributed by atoms with Gasteiger partial charge in [0.25, 0.3) is 10.0 Å². The smallest absolute Gasteiger partial charge is 0.404 e. The van der Waals surface area contributed by atoms with E-state index in [0.717, 1.165) is 41.4 Å². The van der Waals surface area contributed by atoms with Crippen molar-refractivity contribution in [3.63, 3.8) is 0 Å². The van der Waals surface area contributed by atoms with E-state index in [-0.39, 0.29) is 17.0 Å². The first-order valence-electron chi connectivity index (χ1n) is 11.1. The number of pyridine rings is 1. The molecule has 8 nitrogen and oxygen atoms in total. The molecule has 1 aliphatic carbocycles. The summed E-state index contributed by atoms with van der Waals surface area (Å²) >= 11 is 3.57. The molecule has 0 saturated heterocycles. The average molecular weight is 547 g/mol. The molecule has 3 aromatic rings. The summed E-state index contributed by atoms with van der Waals surface area (Å²) in [7, 11) is -3.88. The molecule has 180 valence electrons. The zero-order valence-corrected chi connectivity index (χ0v) is 21.4. The summed E-state index contributed by atoms with van der Waals surface area (Å²) in [5, 5.41) is 15.8. The molecular weight excluding hydrogens is 520 g/mol. The minimum absolute atomic E-state index is 0.0431. The van der Waals surface area contributed by atoms with E-state index in [4.69, 9.17) is 5.11 Å². The number of fused-ring (bicyclic) bond motifs is 1. The van der Waals surface area contributed by atoms with Crippen LogP contribution >= 0.6 is 15.9 Å². The minimum Gasteiger partial charge on any atom is -0.465 e. The molecule has 1 saturated carbocycles. The largest absolute Gasteiger partial charge is 0.465 e. The summed E-state index contributed by atoms with van der Waals surface area (Å²) in [5.41, 5.74) is 2.62. The SMILES string of the molecule is C/C=C/c1cc2c(N[C@H]3CC[C@H](NC(=O)O)CC3)c(Br)cnc2n1S(=O)(=O)c1ccc(C)cc1. The van der Waals surface area contributed by atoms with Crippen LogP contribution in [0.4, 0.5) is 10.5 Å². The number of nitrogens with one attached hydrogen (secondary N) is 2. The number of hydrogen-bond donors (Lipinski definition) is 3. The summed E-state index contributed by atoms with van der Waals surface area (Å²) in [6.07, 6.45) is 7.24. The van der Waals surface area contributed by atoms with Gasteiger partial charge in [-0.25, -0.2) is 22.2 Å². The van der Waals surface area contributed by atoms with Crippen molar-refractivity contribution in [2.45, 2.75) is 56.5 Å². The number of amides is 1. The number of carbonyl (C=O) groups is 1. The average Bonchev–Trinajstić information content (AvgIpc) is 3.16. The number of nitrogens with zero attached hydrogens (tertiary/aromatic N) is 2. The normalized spacial score (nSPS) is 18.9. The maximum absolute atomic E-state index is 13.6. The second-order valence-corrected chi connectivity index (χ2v) is 11.2. The molecular formula is C24H27BrN4O4S. The Hall–Kier alpha value is -2.85. The lowest BCUT2D eigenvalue weighted by Crippen LogP contribution is -2.39. The number of halogens is 1. The fraction of sp³-hybridized carbons (Fsp3) is 0.333. The first-order chi connectivity index (χ1) is 16.2. The van der Waals surface area contributed by atoms with E-state index >= 15 is 0 Å². The highest BCUT2D eigenvalue weighted by molar-refractivity contribution is 9.10. The van der Waals surface area contributed by atoms with Crippen LogP contribution in [0, 0.1) is 6.92 Å². The number of carboxylic acid groups (broad SMARTS) is 1. The highest BCUT2D eigenvalue weighted by atomic mass is 79.9. The van der Waals surface area contributed by atoms with Gasteiger partial charge in [-0.15, -0.1) is 0 Å². The number of rotatable bonds is 6. The second kappa shape index (κ2) is 9.79. The number of hydrogen-bond acceptors (Lipinski definition) is 5. The van der Waals surface area contributed by atoms with Crippen molar-refractivity contribution in [3.8, 4) is 0 Å². The van der Waals surface area contributed by atoms with Gasteiger partial charge in [0.1, 0.15) is 0 Å². The lowest BCUT2D eigenvalue weighted by molar-refractivity contribution is 0.185. The van der Waals surface area contributed by atoms with Crippen molar-refractivity contribution in [2.75, 3.05) is 5.32 Å². The number of aryl methyl sites for hydroxylation is 1. The Bertz CT molecular complexity index is 1340. The van der Waals surface area contributed by atoms with E-state index in [0.29, 0.717) is 16.7 Å². The zero-order valence-electron chi connectivity index (χ0n) is 19.0. The molecule has 1 aromatic carbocycles. The molecule has 0 bridgehead atoms. The zero-order chi connectivity index (χ0) is 24.5. The van der Waals surface area contributed by atoms with Crippen LogP contribution < -0.4 is 10.6 Å². The standard InChI is InChI=1S/C24H27BrN4O4S/c1-3-4-18-13-20-22(27-16-7-9-17(10-8-16)28-24(30)31)21(25)14-26-23(20)29(18)34(32,33)19-11-5-15(2)6-12-19/h3-6,11-14,16-17,28H,7-10H2,1-2H3,(H,26,27)(H,30,31)/b4-3+/t16-,17-. The molecule has 0 spiro atoms. The number of benzene rings is 1. The molecule has 1 aliphatic rings. The Morgan fingerprint density at radius 3 is 2.44 bits per heavy atom. The lowest BCUT2D eigenvalue weighted by Gasteiger charge is -2.30. The van der Waals surface area contributed by atoms with Crippen molar-refractivity contribution in [1.29, 1.82) is 0 Å². The van der Waals surface area contributed by atoms with Crippen molar-refractivity contribution in [2.24, 2.45) is 0 Å². The number of allylic oxidation sites excluding steroid dienone is 1. The van der Waals surface area contributed by atoms with Crippen LogP contribution in [0.2, 0.25) is 0 Å². The van der Waals surface area contributed by atoms with E-state index in [1.54, 1.807) is 42.6 Å². The van der Waals surface area contributed by atoms with Crippen LogP contribution in [0.25, 0.3) is 17.1 Å². The van der Waals surface area contributed by atoms with Crippen molar-refractivity contribution >= 4 is 54.8 Å². The summed E-state index contributed by atoms with van der Waals surface area (Å²) in [6.45, 7) is 3.75. The fourth-order valence-corrected chi connectivity index (χ4v) is 6.27. The molecule has 2 heterocycles. The maximum Gasteiger partial charge on any atom is 0.404 e. The van der Waals surface area contributed by atoms with Crippen molar-refractivity contribution in [1.82, 2.24) is 14.3 Å². The van der Waals surface area contributed by atoms with Gasteiger partial charge < -0.3 is 15.7 Å². The highest BCUT2D eigenvalue weighted by Crippen LogP contribution is 2.36. The molecule has 34 heavy (non-hydrogen) atoms. The quantitative estimate of drug-likeness (QED) is 0.383. The molecule has 3 N–H and O–H groups in total. The van der Waals surface area contributed by atoms with Gasteiger partial charge in [-0.2, -0.15) is 0 Å². The Morgan fingerprint density at radius 1 is 1.18 bits per heavy atom. The lowest BCUT2D eigenvalue weighted by atomic mass is 9.91. The van der Waals surface area contributed by atoms with Crippen LogP contribution in [-0.2, 0) is 10.0 Å². The molecule has 0 aliphatic heterocycles. The Balaban J connectivity index is 1.74. The molecule has 1 amide bonds. The number of aromatic nitrogens is 2. The molecule has 1 fully saturated rings. The highest BCUT2D eigenvalue weighted by Gasteiger charge is 2.27. The first-order valence-corrected chi connectivity index (χ1v) is 13.3. The van der Waals surface area contributed by atoms with E-state index in [1.165, 1.54) is 3.97 Å². The third kappa shape index (κ3) is 4.83. The molecule has 2 aromatic heterocycles. The third-order valence-electron chi connectivity index (χ3n) is 6.07. The predicted molar refractivity (Wildman–Crippen MR) is 137 cm³/mol. The topological polar surface area (TPSA) is 113 Å². The summed E-state index contributed by atoms with van der Waals surface area (Å²) in [5.74, 6) is 0. The van der Waals surface area contributed by atoms with Gasteiger partial charge >= 0.3 is 6.09 Å². The van der Waals surface area contributed by atoms with Gasteiger partial charge in [-0.1, -0.05) is 23.8 Å². The van der Waals surface area contributed by atoms with Crippen LogP contribution in [-0.4, -0.2) is 40.7 Å². The molecule has 0 radical (unpaired) electrons. The monoisotopic (exact) mass is 546 g/mol. The summed E-state index contributed by atoms with van der Waals surface area (Å²) in [4.78, 5) is 15.6. The molecule has 4 rings (SSSR count). The van der Waals surface area contributed by atoms with Crippen LogP contribution in [0.1, 0.15) is 43.9 Å². The van der Waals surface area contributed by atoms with E-state index in [1.807, 2.05) is 19.9 Å². The van der Waals surface area contributed by atoms with Crippen molar-refractivity contribution in [3.05, 3.63) is 58.3 Å². The number of anilines is 1. The second-order valence-electron chi connectivity index (χ2n) is 8.51. The minimum atomic E-state index is -3.88. The van der Waals surface area contributed by atoms with Crippen LogP contribution in [0.15, 0.2) is 52.0 Å². The Morgan fingerprint density at radius 2 is 1.82 bits per heavy atom. The third-order valence-corrected chi connectivity index (χ3v) is 8.40. The predicted octanol–water partition coefficient (Wildman–Crippen LogP) is 5.37. The van der Waals surface area contributed by atoms with Gasteiger partial charge in [0.2, 0.25) is 0 Å². The molecule has 0 unspecified atom stereocenters. The van der Waals surface area contributed by atoms with Crippen molar-refractivity contribution < 1.29 is 18.3 Å². The molecule has 0 atom stereocenters. The van der Waals surface area contributed by atoms with Gasteiger partial charge in [0.15, 0.2) is 5.65 Å². The Labute approximate surface area is 207 Å². The fourth-order valence-electron chi connectivity index (χ4n) is 4.38. The van der Waals surface area contributed by atoms with Gasteiger partial charge in [0.05, 0.1) is 20.7 Å². The Kier molecular flexibility index (Phi) is 6.99. The first kappa shape index (κ1) is 24.3.